The maximum atomic E-state index is 12.6. The molecular weight excluding hydrogens is 360 g/mol. The van der Waals surface area contributed by atoms with Gasteiger partial charge >= 0.3 is 0 Å². The molecular formula is C21H26N2O3S. The van der Waals surface area contributed by atoms with E-state index < -0.39 is 0 Å². The Labute approximate surface area is 166 Å². The lowest BCUT2D eigenvalue weighted by molar-refractivity contribution is 0.0973. The first-order valence-corrected chi connectivity index (χ1v) is 9.62. The lowest BCUT2D eigenvalue weighted by atomic mass is 10.2. The molecule has 2 rings (SSSR count). The summed E-state index contributed by atoms with van der Waals surface area (Å²) in [7, 11) is 0. The number of benzene rings is 2. The van der Waals surface area contributed by atoms with Gasteiger partial charge in [0.1, 0.15) is 11.5 Å². The number of anilines is 1. The van der Waals surface area contributed by atoms with Crippen LogP contribution >= 0.6 is 12.2 Å². The summed E-state index contributed by atoms with van der Waals surface area (Å²) in [5.74, 6) is 1.00. The number of nitrogens with one attached hydrogen (secondary N) is 2. The van der Waals surface area contributed by atoms with Gasteiger partial charge in [0.15, 0.2) is 5.11 Å². The minimum Gasteiger partial charge on any atom is -0.494 e. The Hall–Kier alpha value is -2.60. The molecule has 0 aliphatic rings. The predicted octanol–water partition coefficient (Wildman–Crippen LogP) is 4.78. The largest absolute Gasteiger partial charge is 0.494 e. The van der Waals surface area contributed by atoms with Crippen molar-refractivity contribution in [3.05, 3.63) is 54.1 Å². The maximum Gasteiger partial charge on any atom is 0.261 e. The molecule has 2 aromatic rings. The summed E-state index contributed by atoms with van der Waals surface area (Å²) in [5.41, 5.74) is 1.21. The molecule has 0 unspecified atom stereocenters. The Bertz CT molecular complexity index is 765. The van der Waals surface area contributed by atoms with Gasteiger partial charge in [0.2, 0.25) is 0 Å². The highest BCUT2D eigenvalue weighted by Gasteiger charge is 2.13. The van der Waals surface area contributed by atoms with Crippen LogP contribution in [0.15, 0.2) is 48.5 Å². The zero-order valence-electron chi connectivity index (χ0n) is 15.8. The van der Waals surface area contributed by atoms with E-state index in [1.54, 1.807) is 18.2 Å². The number of rotatable bonds is 9. The fourth-order valence-electron chi connectivity index (χ4n) is 2.32. The molecule has 5 nitrogen and oxygen atoms in total. The van der Waals surface area contributed by atoms with Crippen LogP contribution in [0.1, 0.15) is 43.5 Å². The molecule has 144 valence electrons. The van der Waals surface area contributed by atoms with Gasteiger partial charge in [-0.15, -0.1) is 0 Å². The average molecular weight is 387 g/mol. The number of hydrogen-bond donors (Lipinski definition) is 2. The predicted molar refractivity (Wildman–Crippen MR) is 113 cm³/mol. The monoisotopic (exact) mass is 386 g/mol. The summed E-state index contributed by atoms with van der Waals surface area (Å²) in [6, 6.07) is 14.6. The van der Waals surface area contributed by atoms with Crippen molar-refractivity contribution in [3.8, 4) is 11.5 Å². The molecule has 0 saturated heterocycles. The van der Waals surface area contributed by atoms with Crippen molar-refractivity contribution < 1.29 is 14.3 Å². The third-order valence-electron chi connectivity index (χ3n) is 3.68. The highest BCUT2D eigenvalue weighted by atomic mass is 32.1. The van der Waals surface area contributed by atoms with Gasteiger partial charge in [0, 0.05) is 11.8 Å². The quantitative estimate of drug-likeness (QED) is 0.480. The van der Waals surface area contributed by atoms with Crippen molar-refractivity contribution >= 4 is 28.9 Å². The smallest absolute Gasteiger partial charge is 0.261 e. The van der Waals surface area contributed by atoms with Crippen LogP contribution < -0.4 is 20.1 Å². The summed E-state index contributed by atoms with van der Waals surface area (Å²) in [6.07, 6.45) is 2.90. The van der Waals surface area contributed by atoms with Gasteiger partial charge in [-0.05, 0) is 49.3 Å². The van der Waals surface area contributed by atoms with Crippen LogP contribution in [0.2, 0.25) is 0 Å². The van der Waals surface area contributed by atoms with Crippen LogP contribution in [-0.2, 0) is 0 Å². The topological polar surface area (TPSA) is 59.6 Å². The van der Waals surface area contributed by atoms with E-state index in [0.717, 1.165) is 30.7 Å². The fourth-order valence-corrected chi connectivity index (χ4v) is 2.53. The van der Waals surface area contributed by atoms with Crippen LogP contribution in [0, 0.1) is 0 Å². The highest BCUT2D eigenvalue weighted by molar-refractivity contribution is 7.80. The Morgan fingerprint density at radius 1 is 1.00 bits per heavy atom. The second-order valence-electron chi connectivity index (χ2n) is 5.98. The van der Waals surface area contributed by atoms with Gasteiger partial charge in [0.25, 0.3) is 5.91 Å². The van der Waals surface area contributed by atoms with Crippen molar-refractivity contribution in [2.75, 3.05) is 18.5 Å². The van der Waals surface area contributed by atoms with Gasteiger partial charge < -0.3 is 14.8 Å². The molecule has 0 aromatic heterocycles. The molecule has 2 aromatic carbocycles. The number of thiocarbonyl (C=S) groups is 1. The number of unbranched alkanes of at least 4 members (excludes halogenated alkanes) is 1. The zero-order chi connectivity index (χ0) is 19.5. The van der Waals surface area contributed by atoms with Crippen LogP contribution in [0.3, 0.4) is 0 Å². The van der Waals surface area contributed by atoms with Gasteiger partial charge in [-0.3, -0.25) is 10.1 Å². The molecule has 0 bridgehead atoms. The fraction of sp³-hybridized carbons (Fsp3) is 0.333. The molecule has 0 aliphatic heterocycles. The number of carbonyl (C=O) groups excluding carboxylic acids is 1. The molecule has 6 heteroatoms. The number of amides is 1. The van der Waals surface area contributed by atoms with E-state index in [1.807, 2.05) is 30.3 Å². The summed E-state index contributed by atoms with van der Waals surface area (Å²) in [6.45, 7) is 5.37. The third-order valence-corrected chi connectivity index (χ3v) is 3.88. The number of hydrogen-bond acceptors (Lipinski definition) is 4. The summed E-state index contributed by atoms with van der Waals surface area (Å²) in [4.78, 5) is 12.6. The van der Waals surface area contributed by atoms with Crippen LogP contribution in [0.5, 0.6) is 11.5 Å². The number of ether oxygens (including phenoxy) is 2. The summed E-state index contributed by atoms with van der Waals surface area (Å²) in [5, 5.41) is 5.93. The van der Waals surface area contributed by atoms with Crippen molar-refractivity contribution in [2.45, 2.75) is 33.1 Å². The lowest BCUT2D eigenvalue weighted by Crippen LogP contribution is -2.34. The molecule has 1 amide bonds. The van der Waals surface area contributed by atoms with Gasteiger partial charge in [-0.2, -0.15) is 0 Å². The zero-order valence-corrected chi connectivity index (χ0v) is 16.6. The minimum absolute atomic E-state index is 0.219. The summed E-state index contributed by atoms with van der Waals surface area (Å²) >= 11 is 5.27. The Balaban J connectivity index is 1.97. The highest BCUT2D eigenvalue weighted by Crippen LogP contribution is 2.19. The lowest BCUT2D eigenvalue weighted by Gasteiger charge is -2.13. The van der Waals surface area contributed by atoms with E-state index in [9.17, 15) is 4.79 Å². The van der Waals surface area contributed by atoms with E-state index in [1.165, 1.54) is 0 Å². The van der Waals surface area contributed by atoms with Crippen molar-refractivity contribution in [1.29, 1.82) is 0 Å². The molecule has 0 atom stereocenters. The van der Waals surface area contributed by atoms with E-state index in [-0.39, 0.29) is 11.0 Å². The Kier molecular flexibility index (Phi) is 8.58. The minimum atomic E-state index is -0.307. The second kappa shape index (κ2) is 11.2. The van der Waals surface area contributed by atoms with Crippen molar-refractivity contribution in [2.24, 2.45) is 0 Å². The normalized spacial score (nSPS) is 10.1. The van der Waals surface area contributed by atoms with Crippen molar-refractivity contribution in [1.82, 2.24) is 5.32 Å². The van der Waals surface area contributed by atoms with Gasteiger partial charge in [0.05, 0.1) is 18.8 Å². The molecule has 0 fully saturated rings. The van der Waals surface area contributed by atoms with E-state index >= 15 is 0 Å². The van der Waals surface area contributed by atoms with E-state index in [2.05, 4.69) is 24.5 Å². The van der Waals surface area contributed by atoms with Gasteiger partial charge in [-0.25, -0.2) is 0 Å². The molecule has 0 spiro atoms. The number of para-hydroxylation sites is 1. The standard InChI is InChI=1S/C21H26N2O3S/c1-3-5-14-26-19-12-7-6-11-18(19)20(24)23-21(27)22-16-9-8-10-17(15-16)25-13-4-2/h6-12,15H,3-5,13-14H2,1-2H3,(H2,22,23,24,27). The second-order valence-corrected chi connectivity index (χ2v) is 6.39. The first-order chi connectivity index (χ1) is 13.1. The third kappa shape index (κ3) is 6.90. The van der Waals surface area contributed by atoms with Crippen LogP contribution in [0.4, 0.5) is 5.69 Å². The van der Waals surface area contributed by atoms with E-state index in [0.29, 0.717) is 24.5 Å². The summed E-state index contributed by atoms with van der Waals surface area (Å²) < 4.78 is 11.3. The van der Waals surface area contributed by atoms with Crippen LogP contribution in [-0.4, -0.2) is 24.2 Å². The Morgan fingerprint density at radius 3 is 2.59 bits per heavy atom. The molecule has 0 heterocycles. The molecule has 0 aliphatic carbocycles. The first-order valence-electron chi connectivity index (χ1n) is 9.21. The van der Waals surface area contributed by atoms with E-state index in [4.69, 9.17) is 21.7 Å². The SMILES string of the molecule is CCCCOc1ccccc1C(=O)NC(=S)Nc1cccc(OCCC)c1. The van der Waals surface area contributed by atoms with Gasteiger partial charge in [-0.1, -0.05) is 38.5 Å². The molecule has 27 heavy (non-hydrogen) atoms. The Morgan fingerprint density at radius 2 is 1.81 bits per heavy atom. The van der Waals surface area contributed by atoms with Crippen LogP contribution in [0.25, 0.3) is 0 Å². The maximum absolute atomic E-state index is 12.6. The first kappa shape index (κ1) is 20.7. The number of carbonyl (C=O) groups is 1. The molecule has 2 N–H and O–H groups in total. The molecule has 0 radical (unpaired) electrons. The average Bonchev–Trinajstić information content (AvgIpc) is 2.67. The molecule has 0 saturated carbocycles. The van der Waals surface area contributed by atoms with Crippen molar-refractivity contribution in [3.63, 3.8) is 0 Å².